The number of rotatable bonds is 4. The Kier molecular flexibility index (Phi) is 5.96. The Bertz CT molecular complexity index is 1040. The summed E-state index contributed by atoms with van der Waals surface area (Å²) in [5, 5.41) is 6.15. The number of piperazine rings is 1. The average Bonchev–Trinajstić information content (AvgIpc) is 3.46. The predicted molar refractivity (Wildman–Crippen MR) is 129 cm³/mol. The van der Waals surface area contributed by atoms with Crippen molar-refractivity contribution in [1.82, 2.24) is 14.7 Å². The van der Waals surface area contributed by atoms with Gasteiger partial charge in [-0.1, -0.05) is 53.0 Å². The van der Waals surface area contributed by atoms with Crippen LogP contribution in [0.1, 0.15) is 30.9 Å². The quantitative estimate of drug-likeness (QED) is 0.477. The first kappa shape index (κ1) is 20.9. The van der Waals surface area contributed by atoms with Crippen LogP contribution in [0.2, 0.25) is 10.0 Å². The first-order chi connectivity index (χ1) is 15.1. The summed E-state index contributed by atoms with van der Waals surface area (Å²) in [6, 6.07) is 17.9. The number of hydrogen-bond acceptors (Lipinski definition) is 3. The summed E-state index contributed by atoms with van der Waals surface area (Å²) >= 11 is 12.3. The number of aryl methyl sites for hydroxylation is 1. The molecular weight excluding hydrogens is 427 g/mol. The smallest absolute Gasteiger partial charge is 0.0923 e. The first-order valence-electron chi connectivity index (χ1n) is 11.1. The number of hydrogen-bond donors (Lipinski definition) is 0. The van der Waals surface area contributed by atoms with Gasteiger partial charge in [0.15, 0.2) is 0 Å². The zero-order valence-corrected chi connectivity index (χ0v) is 19.4. The van der Waals surface area contributed by atoms with E-state index in [2.05, 4.69) is 64.0 Å². The van der Waals surface area contributed by atoms with Crippen molar-refractivity contribution in [3.8, 4) is 11.3 Å². The number of aromatic nitrogens is 2. The van der Waals surface area contributed by atoms with Crippen LogP contribution in [0.3, 0.4) is 0 Å². The van der Waals surface area contributed by atoms with Crippen LogP contribution in [-0.2, 0) is 0 Å². The fraction of sp³-hybridized carbons (Fsp3) is 0.400. The molecule has 0 amide bonds. The Balaban J connectivity index is 1.18. The monoisotopic (exact) mass is 454 g/mol. The lowest BCUT2D eigenvalue weighted by atomic mass is 10.1. The third-order valence-electron chi connectivity index (χ3n) is 6.81. The largest absolute Gasteiger partial charge is 0.369 e. The highest BCUT2D eigenvalue weighted by Crippen LogP contribution is 2.35. The fourth-order valence-electron chi connectivity index (χ4n) is 4.95. The van der Waals surface area contributed by atoms with Gasteiger partial charge in [0, 0.05) is 49.7 Å². The average molecular weight is 455 g/mol. The zero-order chi connectivity index (χ0) is 21.4. The molecule has 2 aliphatic rings. The van der Waals surface area contributed by atoms with Crippen molar-refractivity contribution in [2.75, 3.05) is 31.1 Å². The van der Waals surface area contributed by atoms with Gasteiger partial charge in [0.25, 0.3) is 0 Å². The molecule has 0 bridgehead atoms. The van der Waals surface area contributed by atoms with E-state index >= 15 is 0 Å². The molecule has 2 heterocycles. The van der Waals surface area contributed by atoms with Crippen LogP contribution in [-0.4, -0.2) is 46.9 Å². The normalized spacial score (nSPS) is 22.2. The van der Waals surface area contributed by atoms with E-state index in [1.807, 2.05) is 12.1 Å². The molecule has 5 rings (SSSR count). The van der Waals surface area contributed by atoms with Crippen LogP contribution in [0.5, 0.6) is 0 Å². The predicted octanol–water partition coefficient (Wildman–Crippen LogP) is 6.08. The molecular formula is C25H28Cl2N4. The van der Waals surface area contributed by atoms with Crippen LogP contribution < -0.4 is 4.90 Å². The molecule has 0 radical (unpaired) electrons. The van der Waals surface area contributed by atoms with E-state index in [0.29, 0.717) is 22.1 Å². The minimum atomic E-state index is 0.497. The van der Waals surface area contributed by atoms with Crippen molar-refractivity contribution in [3.05, 3.63) is 70.3 Å². The van der Waals surface area contributed by atoms with Crippen molar-refractivity contribution < 1.29 is 0 Å². The highest BCUT2D eigenvalue weighted by molar-refractivity contribution is 6.42. The molecule has 2 atom stereocenters. The third-order valence-corrected chi connectivity index (χ3v) is 7.55. The van der Waals surface area contributed by atoms with Crippen LogP contribution in [0, 0.1) is 6.92 Å². The Hall–Kier alpha value is -2.01. The topological polar surface area (TPSA) is 24.3 Å². The van der Waals surface area contributed by atoms with Crippen molar-refractivity contribution in [2.45, 2.75) is 38.3 Å². The van der Waals surface area contributed by atoms with E-state index in [1.165, 1.54) is 36.1 Å². The van der Waals surface area contributed by atoms with Crippen LogP contribution >= 0.6 is 23.2 Å². The maximum Gasteiger partial charge on any atom is 0.0923 e. The summed E-state index contributed by atoms with van der Waals surface area (Å²) in [6.07, 6.45) is 5.79. The molecule has 3 aromatic rings. The second-order valence-corrected chi connectivity index (χ2v) is 9.60. The van der Waals surface area contributed by atoms with Gasteiger partial charge in [-0.2, -0.15) is 5.10 Å². The van der Waals surface area contributed by atoms with E-state index in [1.54, 1.807) is 0 Å². The fourth-order valence-corrected chi connectivity index (χ4v) is 5.25. The summed E-state index contributed by atoms with van der Waals surface area (Å²) in [6.45, 7) is 6.35. The van der Waals surface area contributed by atoms with Crippen LogP contribution in [0.25, 0.3) is 11.3 Å². The Morgan fingerprint density at radius 3 is 2.32 bits per heavy atom. The number of benzene rings is 2. The van der Waals surface area contributed by atoms with Crippen LogP contribution in [0.15, 0.2) is 54.7 Å². The van der Waals surface area contributed by atoms with Crippen molar-refractivity contribution in [3.63, 3.8) is 0 Å². The van der Waals surface area contributed by atoms with Gasteiger partial charge < -0.3 is 4.90 Å². The molecule has 31 heavy (non-hydrogen) atoms. The van der Waals surface area contributed by atoms with Crippen molar-refractivity contribution in [2.24, 2.45) is 0 Å². The number of halogens is 2. The highest BCUT2D eigenvalue weighted by atomic mass is 35.5. The van der Waals surface area contributed by atoms with Crippen LogP contribution in [0.4, 0.5) is 5.69 Å². The molecule has 0 N–H and O–H groups in total. The minimum absolute atomic E-state index is 0.497. The number of nitrogens with zero attached hydrogens (tertiary/aromatic N) is 4. The van der Waals surface area contributed by atoms with Crippen molar-refractivity contribution in [1.29, 1.82) is 0 Å². The van der Waals surface area contributed by atoms with Gasteiger partial charge in [0.05, 0.1) is 21.8 Å². The molecule has 0 spiro atoms. The van der Waals surface area contributed by atoms with E-state index in [9.17, 15) is 0 Å². The van der Waals surface area contributed by atoms with Crippen molar-refractivity contribution >= 4 is 28.9 Å². The van der Waals surface area contributed by atoms with E-state index in [4.69, 9.17) is 28.3 Å². The molecule has 1 aliphatic carbocycles. The van der Waals surface area contributed by atoms with Gasteiger partial charge in [0.2, 0.25) is 0 Å². The highest BCUT2D eigenvalue weighted by Gasteiger charge is 2.32. The van der Waals surface area contributed by atoms with Gasteiger partial charge in [-0.15, -0.1) is 0 Å². The lowest BCUT2D eigenvalue weighted by Gasteiger charge is -2.39. The van der Waals surface area contributed by atoms with E-state index in [-0.39, 0.29) is 0 Å². The molecule has 6 heteroatoms. The maximum absolute atomic E-state index is 6.21. The van der Waals surface area contributed by atoms with Gasteiger partial charge in [-0.05, 0) is 50.5 Å². The molecule has 1 saturated carbocycles. The second-order valence-electron chi connectivity index (χ2n) is 8.79. The zero-order valence-electron chi connectivity index (χ0n) is 17.8. The minimum Gasteiger partial charge on any atom is -0.369 e. The Morgan fingerprint density at radius 2 is 1.58 bits per heavy atom. The molecule has 0 unspecified atom stereocenters. The summed E-state index contributed by atoms with van der Waals surface area (Å²) in [4.78, 5) is 5.07. The Morgan fingerprint density at radius 1 is 0.839 bits per heavy atom. The summed E-state index contributed by atoms with van der Waals surface area (Å²) in [5.74, 6) is 0. The SMILES string of the molecule is Cc1ccc(-c2ccn([C@@H]3CC[C@H](N4CCN(c5ccc(Cl)c(Cl)c5)CC4)C3)n2)cc1. The summed E-state index contributed by atoms with van der Waals surface area (Å²) < 4.78 is 2.20. The standard InChI is InChI=1S/C25H28Cl2N4/c1-18-2-4-19(5-3-18)25-10-11-31(28-25)22-7-6-20(16-22)29-12-14-30(15-13-29)21-8-9-23(26)24(27)17-21/h2-5,8-11,17,20,22H,6-7,12-16H2,1H3/t20-,22+/m0/s1. The van der Waals surface area contributed by atoms with Gasteiger partial charge in [0.1, 0.15) is 0 Å². The lowest BCUT2D eigenvalue weighted by Crippen LogP contribution is -2.49. The van der Waals surface area contributed by atoms with E-state index < -0.39 is 0 Å². The lowest BCUT2D eigenvalue weighted by molar-refractivity contribution is 0.183. The molecule has 162 valence electrons. The maximum atomic E-state index is 6.21. The molecule has 1 aliphatic heterocycles. The third kappa shape index (κ3) is 4.48. The summed E-state index contributed by atoms with van der Waals surface area (Å²) in [7, 11) is 0. The molecule has 2 fully saturated rings. The molecule has 1 aromatic heterocycles. The second kappa shape index (κ2) is 8.85. The Labute approximate surface area is 194 Å². The first-order valence-corrected chi connectivity index (χ1v) is 11.9. The van der Waals surface area contributed by atoms with Gasteiger partial charge >= 0.3 is 0 Å². The number of anilines is 1. The van der Waals surface area contributed by atoms with Gasteiger partial charge in [-0.25, -0.2) is 0 Å². The van der Waals surface area contributed by atoms with Gasteiger partial charge in [-0.3, -0.25) is 9.58 Å². The molecule has 2 aromatic carbocycles. The summed E-state index contributed by atoms with van der Waals surface area (Å²) in [5.41, 5.74) is 4.70. The molecule has 1 saturated heterocycles. The van der Waals surface area contributed by atoms with E-state index in [0.717, 1.165) is 31.9 Å². The molecule has 4 nitrogen and oxygen atoms in total.